The summed E-state index contributed by atoms with van der Waals surface area (Å²) in [6.45, 7) is 2.76. The van der Waals surface area contributed by atoms with Crippen LogP contribution in [-0.4, -0.2) is 12.1 Å². The second-order valence-corrected chi connectivity index (χ2v) is 4.77. The molecule has 1 atom stereocenters. The molecule has 0 aliphatic heterocycles. The van der Waals surface area contributed by atoms with Crippen LogP contribution >= 0.6 is 0 Å². The van der Waals surface area contributed by atoms with Crippen molar-refractivity contribution in [1.82, 2.24) is 0 Å². The highest BCUT2D eigenvalue weighted by atomic mass is 16.5. The van der Waals surface area contributed by atoms with Gasteiger partial charge in [0.05, 0.1) is 11.7 Å². The summed E-state index contributed by atoms with van der Waals surface area (Å²) in [4.78, 5) is 0. The van der Waals surface area contributed by atoms with Crippen molar-refractivity contribution in [2.45, 2.75) is 44.3 Å². The molecule has 0 heterocycles. The molecule has 1 unspecified atom stereocenters. The van der Waals surface area contributed by atoms with Crippen LogP contribution in [0.4, 0.5) is 0 Å². The van der Waals surface area contributed by atoms with Crippen LogP contribution in [0, 0.1) is 0 Å². The molecular weight excluding hydrogens is 198 g/mol. The Labute approximate surface area is 97.8 Å². The van der Waals surface area contributed by atoms with E-state index in [-0.39, 0.29) is 11.7 Å². The van der Waals surface area contributed by atoms with Gasteiger partial charge in [-0.25, -0.2) is 0 Å². The van der Waals surface area contributed by atoms with Crippen molar-refractivity contribution >= 4 is 0 Å². The zero-order valence-electron chi connectivity index (χ0n) is 9.99. The average Bonchev–Trinajstić information content (AvgIpc) is 2.79. The van der Waals surface area contributed by atoms with E-state index in [1.54, 1.807) is 0 Å². The topological polar surface area (TPSA) is 35.2 Å². The van der Waals surface area contributed by atoms with Crippen LogP contribution in [0.15, 0.2) is 30.3 Å². The van der Waals surface area contributed by atoms with E-state index in [0.717, 1.165) is 12.8 Å². The van der Waals surface area contributed by atoms with Gasteiger partial charge in [0, 0.05) is 6.54 Å². The molecule has 2 rings (SSSR count). The molecule has 1 aliphatic carbocycles. The third-order valence-electron chi connectivity index (χ3n) is 3.58. The summed E-state index contributed by atoms with van der Waals surface area (Å²) in [6.07, 6.45) is 4.86. The summed E-state index contributed by atoms with van der Waals surface area (Å²) in [5.74, 6) is 0. The summed E-state index contributed by atoms with van der Waals surface area (Å²) in [5.41, 5.74) is 7.05. The fourth-order valence-electron chi connectivity index (χ4n) is 2.56. The van der Waals surface area contributed by atoms with Gasteiger partial charge in [-0.15, -0.1) is 0 Å². The first kappa shape index (κ1) is 11.6. The van der Waals surface area contributed by atoms with E-state index in [0.29, 0.717) is 6.54 Å². The maximum absolute atomic E-state index is 6.21. The number of rotatable bonds is 4. The largest absolute Gasteiger partial charge is 0.366 e. The molecule has 16 heavy (non-hydrogen) atoms. The van der Waals surface area contributed by atoms with Gasteiger partial charge in [-0.1, -0.05) is 43.2 Å². The monoisotopic (exact) mass is 219 g/mol. The Hall–Kier alpha value is -0.860. The Balaban J connectivity index is 2.03. The lowest BCUT2D eigenvalue weighted by Gasteiger charge is -2.31. The fraction of sp³-hybridized carbons (Fsp3) is 0.571. The van der Waals surface area contributed by atoms with Crippen LogP contribution in [0.1, 0.15) is 44.3 Å². The lowest BCUT2D eigenvalue weighted by atomic mass is 10.0. The molecule has 1 aliphatic rings. The zero-order valence-corrected chi connectivity index (χ0v) is 9.99. The van der Waals surface area contributed by atoms with Gasteiger partial charge in [0.2, 0.25) is 0 Å². The van der Waals surface area contributed by atoms with Crippen LogP contribution in [0.3, 0.4) is 0 Å². The third kappa shape index (κ3) is 2.45. The van der Waals surface area contributed by atoms with Crippen molar-refractivity contribution in [3.63, 3.8) is 0 Å². The maximum atomic E-state index is 6.21. The molecule has 1 aromatic rings. The van der Waals surface area contributed by atoms with Crippen molar-refractivity contribution in [3.05, 3.63) is 35.9 Å². The standard InChI is InChI=1S/C14H21NO/c1-12(13-7-3-2-4-8-13)16-14(11-15)9-5-6-10-14/h2-4,7-8,12H,5-6,9-11,15H2,1H3. The summed E-state index contributed by atoms with van der Waals surface area (Å²) in [6, 6.07) is 10.4. The molecule has 0 aromatic heterocycles. The fourth-order valence-corrected chi connectivity index (χ4v) is 2.56. The summed E-state index contributed by atoms with van der Waals surface area (Å²) >= 11 is 0. The molecule has 2 nitrogen and oxygen atoms in total. The van der Waals surface area contributed by atoms with Crippen molar-refractivity contribution in [2.24, 2.45) is 5.73 Å². The molecule has 2 N–H and O–H groups in total. The molecule has 2 heteroatoms. The van der Waals surface area contributed by atoms with Gasteiger partial charge in [0.1, 0.15) is 0 Å². The molecule has 1 fully saturated rings. The smallest absolute Gasteiger partial charge is 0.0812 e. The van der Waals surface area contributed by atoms with E-state index >= 15 is 0 Å². The number of benzene rings is 1. The van der Waals surface area contributed by atoms with Gasteiger partial charge >= 0.3 is 0 Å². The predicted molar refractivity (Wildman–Crippen MR) is 66.2 cm³/mol. The Morgan fingerprint density at radius 1 is 1.25 bits per heavy atom. The number of nitrogens with two attached hydrogens (primary N) is 1. The van der Waals surface area contributed by atoms with Gasteiger partial charge in [-0.3, -0.25) is 0 Å². The van der Waals surface area contributed by atoms with Crippen LogP contribution < -0.4 is 5.73 Å². The van der Waals surface area contributed by atoms with Gasteiger partial charge < -0.3 is 10.5 Å². The van der Waals surface area contributed by atoms with E-state index in [1.165, 1.54) is 18.4 Å². The summed E-state index contributed by atoms with van der Waals surface area (Å²) < 4.78 is 6.21. The van der Waals surface area contributed by atoms with Crippen molar-refractivity contribution < 1.29 is 4.74 Å². The maximum Gasteiger partial charge on any atom is 0.0812 e. The third-order valence-corrected chi connectivity index (χ3v) is 3.58. The Bertz CT molecular complexity index is 317. The van der Waals surface area contributed by atoms with E-state index in [9.17, 15) is 0 Å². The molecule has 1 aromatic carbocycles. The van der Waals surface area contributed by atoms with E-state index in [1.807, 2.05) is 6.07 Å². The van der Waals surface area contributed by atoms with E-state index in [4.69, 9.17) is 10.5 Å². The number of hydrogen-bond acceptors (Lipinski definition) is 2. The molecule has 88 valence electrons. The quantitative estimate of drug-likeness (QED) is 0.844. The number of hydrogen-bond donors (Lipinski definition) is 1. The van der Waals surface area contributed by atoms with E-state index < -0.39 is 0 Å². The average molecular weight is 219 g/mol. The minimum absolute atomic E-state index is 0.0603. The minimum atomic E-state index is -0.0603. The molecule has 0 saturated heterocycles. The van der Waals surface area contributed by atoms with Gasteiger partial charge in [-0.05, 0) is 25.3 Å². The van der Waals surface area contributed by atoms with Crippen molar-refractivity contribution in [3.8, 4) is 0 Å². The lowest BCUT2D eigenvalue weighted by Crippen LogP contribution is -2.38. The number of ether oxygens (including phenoxy) is 1. The Morgan fingerprint density at radius 2 is 1.88 bits per heavy atom. The highest BCUT2D eigenvalue weighted by Gasteiger charge is 2.35. The Morgan fingerprint density at radius 3 is 2.44 bits per heavy atom. The highest BCUT2D eigenvalue weighted by molar-refractivity contribution is 5.17. The minimum Gasteiger partial charge on any atom is -0.366 e. The van der Waals surface area contributed by atoms with Gasteiger partial charge in [-0.2, -0.15) is 0 Å². The second-order valence-electron chi connectivity index (χ2n) is 4.77. The first-order valence-corrected chi connectivity index (χ1v) is 6.19. The first-order valence-electron chi connectivity index (χ1n) is 6.19. The van der Waals surface area contributed by atoms with Crippen LogP contribution in [0.25, 0.3) is 0 Å². The van der Waals surface area contributed by atoms with Crippen LogP contribution in [0.5, 0.6) is 0 Å². The first-order chi connectivity index (χ1) is 7.76. The Kier molecular flexibility index (Phi) is 3.62. The van der Waals surface area contributed by atoms with Crippen LogP contribution in [0.2, 0.25) is 0 Å². The normalized spacial score (nSPS) is 20.9. The molecular formula is C14H21NO. The summed E-state index contributed by atoms with van der Waals surface area (Å²) in [7, 11) is 0. The van der Waals surface area contributed by atoms with Crippen LogP contribution in [-0.2, 0) is 4.74 Å². The molecule has 0 radical (unpaired) electrons. The lowest BCUT2D eigenvalue weighted by molar-refractivity contribution is -0.0788. The van der Waals surface area contributed by atoms with Crippen molar-refractivity contribution in [1.29, 1.82) is 0 Å². The predicted octanol–water partition coefficient (Wildman–Crippen LogP) is 3.04. The SMILES string of the molecule is CC(OC1(CN)CCCC1)c1ccccc1. The zero-order chi connectivity index (χ0) is 11.4. The molecule has 1 saturated carbocycles. The van der Waals surface area contributed by atoms with Crippen molar-refractivity contribution in [2.75, 3.05) is 6.54 Å². The van der Waals surface area contributed by atoms with E-state index in [2.05, 4.69) is 31.2 Å². The molecule has 0 amide bonds. The highest BCUT2D eigenvalue weighted by Crippen LogP contribution is 2.36. The van der Waals surface area contributed by atoms with Gasteiger partial charge in [0.15, 0.2) is 0 Å². The molecule has 0 spiro atoms. The second kappa shape index (κ2) is 4.98. The summed E-state index contributed by atoms with van der Waals surface area (Å²) in [5, 5.41) is 0. The van der Waals surface area contributed by atoms with Gasteiger partial charge in [0.25, 0.3) is 0 Å². The molecule has 0 bridgehead atoms.